The van der Waals surface area contributed by atoms with Gasteiger partial charge >= 0.3 is 20.4 Å². The summed E-state index contributed by atoms with van der Waals surface area (Å²) in [6.45, 7) is 2.80. The van der Waals surface area contributed by atoms with Crippen LogP contribution in [-0.4, -0.2) is 73.4 Å². The third-order valence-corrected chi connectivity index (χ3v) is 5.02. The van der Waals surface area contributed by atoms with Crippen molar-refractivity contribution in [2.24, 2.45) is 0 Å². The first-order chi connectivity index (χ1) is 12.2. The Morgan fingerprint density at radius 2 is 1.07 bits per heavy atom. The molecule has 2 heterocycles. The van der Waals surface area contributed by atoms with Crippen molar-refractivity contribution in [2.45, 2.75) is 12.8 Å². The molecule has 11 heteroatoms. The Morgan fingerprint density at radius 1 is 0.704 bits per heavy atom. The number of hydrogen-bond donors (Lipinski definition) is 0. The topological polar surface area (TPSA) is 121 Å². The number of hydrogen-bond acceptors (Lipinski definition) is 8. The minimum atomic E-state index is -4.04. The van der Waals surface area contributed by atoms with Crippen LogP contribution in [-0.2, 0) is 40.7 Å². The molecule has 2 rings (SSSR count). The van der Waals surface area contributed by atoms with Crippen molar-refractivity contribution in [3.8, 4) is 0 Å². The summed E-state index contributed by atoms with van der Waals surface area (Å²) >= 11 is 0. The molecule has 2 aliphatic rings. The SMILES string of the molecule is O=S(=O)([O-])CCCN1C=CC=CC1.O=S(=O)([O-])CCCN1C=CC=CC1.[Pd+2]. The van der Waals surface area contributed by atoms with E-state index in [2.05, 4.69) is 0 Å². The Balaban J connectivity index is 0.000000483. The van der Waals surface area contributed by atoms with Crippen LogP contribution in [0.1, 0.15) is 12.8 Å². The van der Waals surface area contributed by atoms with Crippen LogP contribution in [0.4, 0.5) is 0 Å². The molecular formula is C16H24N2O6PdS2. The summed E-state index contributed by atoms with van der Waals surface area (Å²) < 4.78 is 61.6. The molecule has 0 atom stereocenters. The van der Waals surface area contributed by atoms with Crippen LogP contribution in [0.15, 0.2) is 48.9 Å². The number of allylic oxidation sites excluding steroid dienone is 4. The van der Waals surface area contributed by atoms with Crippen molar-refractivity contribution >= 4 is 20.2 Å². The average molecular weight is 511 g/mol. The van der Waals surface area contributed by atoms with Crippen molar-refractivity contribution in [3.63, 3.8) is 0 Å². The Morgan fingerprint density at radius 3 is 1.33 bits per heavy atom. The summed E-state index contributed by atoms with van der Waals surface area (Å²) in [6, 6.07) is 0. The minimum Gasteiger partial charge on any atom is -0.748 e. The summed E-state index contributed by atoms with van der Waals surface area (Å²) in [5, 5.41) is 0. The molecule has 0 N–H and O–H groups in total. The van der Waals surface area contributed by atoms with Crippen LogP contribution in [0, 0.1) is 0 Å². The number of rotatable bonds is 8. The van der Waals surface area contributed by atoms with Crippen LogP contribution in [0.5, 0.6) is 0 Å². The van der Waals surface area contributed by atoms with Gasteiger partial charge in [-0.2, -0.15) is 0 Å². The zero-order chi connectivity index (χ0) is 19.5. The minimum absolute atomic E-state index is 0. The van der Waals surface area contributed by atoms with E-state index in [0.717, 1.165) is 13.1 Å². The van der Waals surface area contributed by atoms with E-state index < -0.39 is 20.2 Å². The standard InChI is InChI=1S/2C8H13NO3S.Pd/c2*10-13(11,12)8-4-7-9-5-2-1-3-6-9;/h2*1-3,5H,4,6-8H2,(H,10,11,12);/q;;+2/p-2. The largest absolute Gasteiger partial charge is 2.00 e. The quantitative estimate of drug-likeness (QED) is 0.344. The Kier molecular flexibility index (Phi) is 12.8. The second kappa shape index (κ2) is 13.3. The molecule has 0 aromatic rings. The van der Waals surface area contributed by atoms with E-state index >= 15 is 0 Å². The van der Waals surface area contributed by atoms with Crippen molar-refractivity contribution in [3.05, 3.63) is 48.9 Å². The fourth-order valence-corrected chi connectivity index (χ4v) is 3.20. The van der Waals surface area contributed by atoms with E-state index in [9.17, 15) is 25.9 Å². The number of nitrogens with zero attached hydrogens (tertiary/aromatic N) is 2. The molecule has 27 heavy (non-hydrogen) atoms. The molecule has 0 spiro atoms. The summed E-state index contributed by atoms with van der Waals surface area (Å²) in [5.74, 6) is -0.553. The van der Waals surface area contributed by atoms with Gasteiger partial charge in [-0.1, -0.05) is 24.3 Å². The van der Waals surface area contributed by atoms with Gasteiger partial charge in [-0.25, -0.2) is 16.8 Å². The molecule has 0 amide bonds. The molecule has 8 nitrogen and oxygen atoms in total. The van der Waals surface area contributed by atoms with E-state index in [1.54, 1.807) is 0 Å². The van der Waals surface area contributed by atoms with Crippen molar-refractivity contribution in [2.75, 3.05) is 37.7 Å². The fourth-order valence-electron chi connectivity index (χ4n) is 2.23. The molecule has 156 valence electrons. The normalized spacial score (nSPS) is 15.9. The van der Waals surface area contributed by atoms with Gasteiger partial charge in [0.2, 0.25) is 0 Å². The molecule has 2 aliphatic heterocycles. The van der Waals surface area contributed by atoms with Gasteiger partial charge in [-0.05, 0) is 37.4 Å². The summed E-state index contributed by atoms with van der Waals surface area (Å²) in [5.41, 5.74) is 0. The zero-order valence-corrected chi connectivity index (χ0v) is 17.9. The smallest absolute Gasteiger partial charge is 0.748 e. The Labute approximate surface area is 175 Å². The average Bonchev–Trinajstić information content (AvgIpc) is 2.55. The molecule has 0 saturated carbocycles. The fraction of sp³-hybridized carbons (Fsp3) is 0.500. The molecule has 0 fully saturated rings. The van der Waals surface area contributed by atoms with Gasteiger partial charge in [0.15, 0.2) is 0 Å². The summed E-state index contributed by atoms with van der Waals surface area (Å²) in [6.07, 6.45) is 16.1. The van der Waals surface area contributed by atoms with Gasteiger partial charge in [0.05, 0.1) is 20.2 Å². The molecule has 0 aromatic heterocycles. The maximum Gasteiger partial charge on any atom is 2.00 e. The Bertz CT molecular complexity index is 681. The van der Waals surface area contributed by atoms with Gasteiger partial charge in [0.25, 0.3) is 0 Å². The van der Waals surface area contributed by atoms with Crippen molar-refractivity contribution in [1.82, 2.24) is 9.80 Å². The third-order valence-electron chi connectivity index (χ3n) is 3.45. The van der Waals surface area contributed by atoms with Crippen LogP contribution in [0.3, 0.4) is 0 Å². The maximum atomic E-state index is 10.3. The molecule has 0 aromatic carbocycles. The molecule has 0 aliphatic carbocycles. The first-order valence-electron chi connectivity index (χ1n) is 8.18. The van der Waals surface area contributed by atoms with E-state index in [4.69, 9.17) is 0 Å². The van der Waals surface area contributed by atoms with Gasteiger partial charge in [-0.3, -0.25) is 0 Å². The predicted molar refractivity (Wildman–Crippen MR) is 98.1 cm³/mol. The first-order valence-corrected chi connectivity index (χ1v) is 11.3. The maximum absolute atomic E-state index is 10.3. The van der Waals surface area contributed by atoms with E-state index in [1.165, 1.54) is 0 Å². The van der Waals surface area contributed by atoms with Crippen LogP contribution in [0.25, 0.3) is 0 Å². The third kappa shape index (κ3) is 15.8. The van der Waals surface area contributed by atoms with Crippen molar-refractivity contribution in [1.29, 1.82) is 0 Å². The molecule has 0 unspecified atom stereocenters. The predicted octanol–water partition coefficient (Wildman–Crippen LogP) is 0.612. The van der Waals surface area contributed by atoms with Crippen LogP contribution < -0.4 is 0 Å². The second-order valence-corrected chi connectivity index (χ2v) is 8.81. The van der Waals surface area contributed by atoms with Crippen molar-refractivity contribution < 1.29 is 46.4 Å². The monoisotopic (exact) mass is 510 g/mol. The molecule has 0 bridgehead atoms. The van der Waals surface area contributed by atoms with Crippen LogP contribution >= 0.6 is 0 Å². The molecule has 0 saturated heterocycles. The van der Waals surface area contributed by atoms with Gasteiger partial charge in [0.1, 0.15) is 0 Å². The Hall–Kier alpha value is -0.958. The zero-order valence-electron chi connectivity index (χ0n) is 14.8. The van der Waals surface area contributed by atoms with E-state index in [0.29, 0.717) is 25.9 Å². The molecule has 0 radical (unpaired) electrons. The van der Waals surface area contributed by atoms with E-state index in [1.807, 2.05) is 58.7 Å². The summed E-state index contributed by atoms with van der Waals surface area (Å²) in [4.78, 5) is 3.93. The van der Waals surface area contributed by atoms with Gasteiger partial charge in [0, 0.05) is 37.7 Å². The summed E-state index contributed by atoms with van der Waals surface area (Å²) in [7, 11) is -8.09. The van der Waals surface area contributed by atoms with Gasteiger partial charge in [-0.15, -0.1) is 0 Å². The molecular weight excluding hydrogens is 487 g/mol. The van der Waals surface area contributed by atoms with E-state index in [-0.39, 0.29) is 31.9 Å². The van der Waals surface area contributed by atoms with Gasteiger partial charge < -0.3 is 18.9 Å². The second-order valence-electron chi connectivity index (χ2n) is 5.76. The first kappa shape index (κ1) is 26.0. The van der Waals surface area contributed by atoms with Crippen LogP contribution in [0.2, 0.25) is 0 Å².